The van der Waals surface area contributed by atoms with Gasteiger partial charge in [0.25, 0.3) is 0 Å². The molecule has 1 fully saturated rings. The summed E-state index contributed by atoms with van der Waals surface area (Å²) in [7, 11) is -3.08. The largest absolute Gasteiger partial charge is 0.369 e. The van der Waals surface area contributed by atoms with Crippen LogP contribution in [0.4, 0.5) is 5.69 Å². The fourth-order valence-corrected chi connectivity index (χ4v) is 2.46. The van der Waals surface area contributed by atoms with Crippen LogP contribution in [0.15, 0.2) is 29.2 Å². The first-order valence-corrected chi connectivity index (χ1v) is 7.22. The van der Waals surface area contributed by atoms with Crippen LogP contribution < -0.4 is 10.2 Å². The molecular weight excluding hydrogens is 260 g/mol. The lowest BCUT2D eigenvalue weighted by Gasteiger charge is -2.29. The highest BCUT2D eigenvalue weighted by atomic mass is 35.5. The highest BCUT2D eigenvalue weighted by Crippen LogP contribution is 2.18. The molecule has 4 nitrogen and oxygen atoms in total. The van der Waals surface area contributed by atoms with E-state index in [2.05, 4.69) is 10.2 Å². The van der Waals surface area contributed by atoms with Crippen molar-refractivity contribution in [2.45, 2.75) is 4.90 Å². The van der Waals surface area contributed by atoms with Crippen molar-refractivity contribution in [1.82, 2.24) is 5.32 Å². The molecule has 0 aliphatic carbocycles. The SMILES string of the molecule is CS(=O)(=O)c1ccc(N2CCNCC2)cc1.Cl. The average molecular weight is 277 g/mol. The van der Waals surface area contributed by atoms with Crippen LogP contribution in [-0.2, 0) is 9.84 Å². The first-order chi connectivity index (χ1) is 7.57. The van der Waals surface area contributed by atoms with Crippen LogP contribution in [-0.4, -0.2) is 40.9 Å². The topological polar surface area (TPSA) is 49.4 Å². The van der Waals surface area contributed by atoms with Crippen LogP contribution in [0.3, 0.4) is 0 Å². The van der Waals surface area contributed by atoms with Gasteiger partial charge in [-0.2, -0.15) is 0 Å². The van der Waals surface area contributed by atoms with Gasteiger partial charge in [0.15, 0.2) is 9.84 Å². The molecule has 0 bridgehead atoms. The summed E-state index contributed by atoms with van der Waals surface area (Å²) in [5.41, 5.74) is 1.09. The van der Waals surface area contributed by atoms with Gasteiger partial charge in [-0.05, 0) is 24.3 Å². The normalized spacial score (nSPS) is 16.4. The Morgan fingerprint density at radius 2 is 1.65 bits per heavy atom. The highest BCUT2D eigenvalue weighted by Gasteiger charge is 2.11. The van der Waals surface area contributed by atoms with Gasteiger partial charge < -0.3 is 10.2 Å². The summed E-state index contributed by atoms with van der Waals surface area (Å²) in [5, 5.41) is 3.28. The van der Waals surface area contributed by atoms with E-state index in [1.54, 1.807) is 12.1 Å². The molecule has 0 spiro atoms. The lowest BCUT2D eigenvalue weighted by molar-refractivity contribution is 0.589. The van der Waals surface area contributed by atoms with Gasteiger partial charge in [-0.1, -0.05) is 0 Å². The molecule has 1 N–H and O–H groups in total. The van der Waals surface area contributed by atoms with Crippen LogP contribution in [0.1, 0.15) is 0 Å². The van der Waals surface area contributed by atoms with Crippen molar-refractivity contribution in [3.63, 3.8) is 0 Å². The van der Waals surface area contributed by atoms with Crippen molar-refractivity contribution in [1.29, 1.82) is 0 Å². The van der Waals surface area contributed by atoms with E-state index in [0.717, 1.165) is 31.9 Å². The van der Waals surface area contributed by atoms with Gasteiger partial charge in [0.05, 0.1) is 4.90 Å². The Labute approximate surface area is 108 Å². The third-order valence-corrected chi connectivity index (χ3v) is 3.88. The molecule has 0 unspecified atom stereocenters. The maximum atomic E-state index is 11.3. The van der Waals surface area contributed by atoms with Gasteiger partial charge in [0.2, 0.25) is 0 Å². The molecule has 1 aromatic carbocycles. The number of halogens is 1. The summed E-state index contributed by atoms with van der Waals surface area (Å²) in [5.74, 6) is 0. The number of sulfone groups is 1. The smallest absolute Gasteiger partial charge is 0.175 e. The van der Waals surface area contributed by atoms with Crippen molar-refractivity contribution in [2.24, 2.45) is 0 Å². The molecule has 1 aliphatic heterocycles. The second kappa shape index (κ2) is 5.71. The quantitative estimate of drug-likeness (QED) is 0.873. The number of hydrogen-bond acceptors (Lipinski definition) is 4. The van der Waals surface area contributed by atoms with E-state index in [4.69, 9.17) is 0 Å². The summed E-state index contributed by atoms with van der Waals surface area (Å²) in [6, 6.07) is 7.10. The zero-order valence-corrected chi connectivity index (χ0v) is 11.4. The Bertz CT molecular complexity index is 453. The fourth-order valence-electron chi connectivity index (χ4n) is 1.83. The molecule has 1 heterocycles. The van der Waals surface area contributed by atoms with Crippen molar-refractivity contribution in [3.05, 3.63) is 24.3 Å². The standard InChI is InChI=1S/C11H16N2O2S.ClH/c1-16(14,15)11-4-2-10(3-5-11)13-8-6-12-7-9-13;/h2-5,12H,6-9H2,1H3;1H. The van der Waals surface area contributed by atoms with Crippen molar-refractivity contribution >= 4 is 27.9 Å². The van der Waals surface area contributed by atoms with Gasteiger partial charge >= 0.3 is 0 Å². The summed E-state index contributed by atoms with van der Waals surface area (Å²) in [6.07, 6.45) is 1.23. The van der Waals surface area contributed by atoms with Gasteiger partial charge in [-0.15, -0.1) is 12.4 Å². The van der Waals surface area contributed by atoms with E-state index in [1.807, 2.05) is 12.1 Å². The number of piperazine rings is 1. The molecule has 96 valence electrons. The lowest BCUT2D eigenvalue weighted by atomic mass is 10.2. The highest BCUT2D eigenvalue weighted by molar-refractivity contribution is 7.90. The van der Waals surface area contributed by atoms with E-state index < -0.39 is 9.84 Å². The Balaban J connectivity index is 0.00000144. The van der Waals surface area contributed by atoms with E-state index >= 15 is 0 Å². The molecule has 2 rings (SSSR count). The van der Waals surface area contributed by atoms with Crippen LogP contribution in [0, 0.1) is 0 Å². The Morgan fingerprint density at radius 1 is 1.12 bits per heavy atom. The molecule has 0 saturated carbocycles. The molecular formula is C11H17ClN2O2S. The minimum Gasteiger partial charge on any atom is -0.369 e. The van der Waals surface area contributed by atoms with Gasteiger partial charge in [-0.25, -0.2) is 8.42 Å². The summed E-state index contributed by atoms with van der Waals surface area (Å²) < 4.78 is 22.6. The molecule has 0 aromatic heterocycles. The second-order valence-electron chi connectivity index (χ2n) is 4.00. The Hall–Kier alpha value is -0.780. The average Bonchev–Trinajstić information content (AvgIpc) is 2.29. The monoisotopic (exact) mass is 276 g/mol. The Kier molecular flexibility index (Phi) is 4.80. The number of nitrogens with one attached hydrogen (secondary N) is 1. The van der Waals surface area contributed by atoms with Crippen LogP contribution in [0.25, 0.3) is 0 Å². The summed E-state index contributed by atoms with van der Waals surface area (Å²) >= 11 is 0. The number of anilines is 1. The van der Waals surface area contributed by atoms with Crippen LogP contribution >= 0.6 is 12.4 Å². The maximum absolute atomic E-state index is 11.3. The first kappa shape index (κ1) is 14.3. The van der Waals surface area contributed by atoms with E-state index in [1.165, 1.54) is 6.26 Å². The van der Waals surface area contributed by atoms with E-state index in [9.17, 15) is 8.42 Å². The van der Waals surface area contributed by atoms with Crippen molar-refractivity contribution < 1.29 is 8.42 Å². The van der Waals surface area contributed by atoms with Gasteiger partial charge in [-0.3, -0.25) is 0 Å². The minimum atomic E-state index is -3.08. The van der Waals surface area contributed by atoms with Gasteiger partial charge in [0, 0.05) is 38.1 Å². The summed E-state index contributed by atoms with van der Waals surface area (Å²) in [6.45, 7) is 3.90. The van der Waals surface area contributed by atoms with E-state index in [0.29, 0.717) is 4.90 Å². The molecule has 0 amide bonds. The number of hydrogen-bond donors (Lipinski definition) is 1. The molecule has 1 aromatic rings. The zero-order chi connectivity index (χ0) is 11.6. The third-order valence-electron chi connectivity index (χ3n) is 2.75. The maximum Gasteiger partial charge on any atom is 0.175 e. The molecule has 6 heteroatoms. The molecule has 1 aliphatic rings. The minimum absolute atomic E-state index is 0. The van der Waals surface area contributed by atoms with Crippen LogP contribution in [0.2, 0.25) is 0 Å². The van der Waals surface area contributed by atoms with Crippen LogP contribution in [0.5, 0.6) is 0 Å². The summed E-state index contributed by atoms with van der Waals surface area (Å²) in [4.78, 5) is 2.63. The first-order valence-electron chi connectivity index (χ1n) is 5.33. The van der Waals surface area contributed by atoms with Crippen molar-refractivity contribution in [2.75, 3.05) is 37.3 Å². The predicted octanol–water partition coefficient (Wildman–Crippen LogP) is 0.921. The van der Waals surface area contributed by atoms with Crippen molar-refractivity contribution in [3.8, 4) is 0 Å². The second-order valence-corrected chi connectivity index (χ2v) is 6.02. The third kappa shape index (κ3) is 3.59. The molecule has 17 heavy (non-hydrogen) atoms. The fraction of sp³-hybridized carbons (Fsp3) is 0.455. The number of benzene rings is 1. The number of rotatable bonds is 2. The predicted molar refractivity (Wildman–Crippen MR) is 71.9 cm³/mol. The lowest BCUT2D eigenvalue weighted by Crippen LogP contribution is -2.43. The Morgan fingerprint density at radius 3 is 2.12 bits per heavy atom. The molecule has 1 saturated heterocycles. The van der Waals surface area contributed by atoms with Gasteiger partial charge in [0.1, 0.15) is 0 Å². The number of nitrogens with zero attached hydrogens (tertiary/aromatic N) is 1. The zero-order valence-electron chi connectivity index (χ0n) is 9.72. The molecule has 0 radical (unpaired) electrons. The van der Waals surface area contributed by atoms with E-state index in [-0.39, 0.29) is 12.4 Å². The molecule has 0 atom stereocenters.